The fourth-order valence-electron chi connectivity index (χ4n) is 1.50. The van der Waals surface area contributed by atoms with Gasteiger partial charge in [0, 0.05) is 10.4 Å². The Morgan fingerprint density at radius 3 is 2.89 bits per heavy atom. The third kappa shape index (κ3) is 4.13. The molecule has 0 aliphatic rings. The first kappa shape index (κ1) is 14.7. The molecule has 0 spiro atoms. The van der Waals surface area contributed by atoms with E-state index < -0.39 is 0 Å². The van der Waals surface area contributed by atoms with Crippen molar-refractivity contribution in [1.29, 1.82) is 5.26 Å². The fraction of sp³-hybridized carbons (Fsp3) is 0.385. The Labute approximate surface area is 115 Å². The maximum Gasteiger partial charge on any atom is 0.227 e. The van der Waals surface area contributed by atoms with Crippen molar-refractivity contribution in [2.45, 2.75) is 19.8 Å². The first-order chi connectivity index (χ1) is 8.58. The molecule has 18 heavy (non-hydrogen) atoms. The zero-order valence-electron chi connectivity index (χ0n) is 10.2. The van der Waals surface area contributed by atoms with Gasteiger partial charge in [0.25, 0.3) is 0 Å². The van der Waals surface area contributed by atoms with Gasteiger partial charge in [-0.25, -0.2) is 0 Å². The summed E-state index contributed by atoms with van der Waals surface area (Å²) in [7, 11) is 0. The molecule has 0 saturated carbocycles. The predicted octanol–water partition coefficient (Wildman–Crippen LogP) is 2.63. The summed E-state index contributed by atoms with van der Waals surface area (Å²) in [5.41, 5.74) is 6.65. The molecular weight excluding hydrogens is 294 g/mol. The number of rotatable bonds is 5. The molecule has 0 aliphatic heterocycles. The topological polar surface area (TPSA) is 78.9 Å². The number of hydrogen-bond donors (Lipinski definition) is 2. The molecule has 1 aromatic rings. The number of nitrogens with one attached hydrogen (secondary N) is 1. The minimum atomic E-state index is -0.0731. The standard InChI is InChI=1S/C13H16BrN3O/c1-9(3-2-6-15)13(18)17-12-5-4-10(8-16)7-11(12)14/h4-5,7,9H,2-3,6,15H2,1H3,(H,17,18). The van der Waals surface area contributed by atoms with Crippen molar-refractivity contribution < 1.29 is 4.79 Å². The zero-order valence-corrected chi connectivity index (χ0v) is 11.8. The van der Waals surface area contributed by atoms with Gasteiger partial charge in [0.15, 0.2) is 0 Å². The number of nitrogens with two attached hydrogens (primary N) is 1. The van der Waals surface area contributed by atoms with Crippen molar-refractivity contribution in [2.75, 3.05) is 11.9 Å². The zero-order chi connectivity index (χ0) is 13.5. The average Bonchev–Trinajstić information content (AvgIpc) is 2.38. The van der Waals surface area contributed by atoms with Crippen molar-refractivity contribution in [3.8, 4) is 6.07 Å². The Bertz CT molecular complexity index is 468. The Morgan fingerprint density at radius 1 is 1.61 bits per heavy atom. The van der Waals surface area contributed by atoms with E-state index >= 15 is 0 Å². The van der Waals surface area contributed by atoms with Crippen LogP contribution < -0.4 is 11.1 Å². The van der Waals surface area contributed by atoms with E-state index in [0.29, 0.717) is 22.3 Å². The Kier molecular flexibility index (Phi) is 5.83. The maximum absolute atomic E-state index is 11.9. The van der Waals surface area contributed by atoms with Gasteiger partial charge in [0.05, 0.1) is 17.3 Å². The lowest BCUT2D eigenvalue weighted by atomic mass is 10.0. The van der Waals surface area contributed by atoms with E-state index in [2.05, 4.69) is 21.2 Å². The minimum Gasteiger partial charge on any atom is -0.330 e. The van der Waals surface area contributed by atoms with Crippen LogP contribution in [0.15, 0.2) is 22.7 Å². The number of nitrogens with zero attached hydrogens (tertiary/aromatic N) is 1. The number of carbonyl (C=O) groups excluding carboxylic acids is 1. The summed E-state index contributed by atoms with van der Waals surface area (Å²) >= 11 is 3.33. The number of benzene rings is 1. The van der Waals surface area contributed by atoms with Gasteiger partial charge in [-0.2, -0.15) is 5.26 Å². The highest BCUT2D eigenvalue weighted by Crippen LogP contribution is 2.24. The Balaban J connectivity index is 2.67. The van der Waals surface area contributed by atoms with Gasteiger partial charge in [-0.3, -0.25) is 4.79 Å². The van der Waals surface area contributed by atoms with Gasteiger partial charge >= 0.3 is 0 Å². The minimum absolute atomic E-state index is 0.0335. The van der Waals surface area contributed by atoms with Gasteiger partial charge < -0.3 is 11.1 Å². The van der Waals surface area contributed by atoms with Crippen LogP contribution in [0.25, 0.3) is 0 Å². The van der Waals surface area contributed by atoms with Crippen LogP contribution in [0.2, 0.25) is 0 Å². The molecule has 1 rings (SSSR count). The van der Waals surface area contributed by atoms with Gasteiger partial charge in [-0.05, 0) is 53.5 Å². The Morgan fingerprint density at radius 2 is 2.33 bits per heavy atom. The van der Waals surface area contributed by atoms with Crippen molar-refractivity contribution in [3.05, 3.63) is 28.2 Å². The highest BCUT2D eigenvalue weighted by molar-refractivity contribution is 9.10. The normalized spacial score (nSPS) is 11.7. The Hall–Kier alpha value is -1.38. The molecule has 0 aromatic heterocycles. The van der Waals surface area contributed by atoms with E-state index in [4.69, 9.17) is 11.0 Å². The molecule has 96 valence electrons. The van der Waals surface area contributed by atoms with Crippen LogP contribution in [0.4, 0.5) is 5.69 Å². The molecule has 0 heterocycles. The summed E-state index contributed by atoms with van der Waals surface area (Å²) in [5.74, 6) is -0.107. The molecular formula is C13H16BrN3O. The molecule has 5 heteroatoms. The monoisotopic (exact) mass is 309 g/mol. The van der Waals surface area contributed by atoms with Gasteiger partial charge in [-0.1, -0.05) is 6.92 Å². The second kappa shape index (κ2) is 7.14. The van der Waals surface area contributed by atoms with Gasteiger partial charge in [0.2, 0.25) is 5.91 Å². The van der Waals surface area contributed by atoms with E-state index in [0.717, 1.165) is 12.8 Å². The van der Waals surface area contributed by atoms with Crippen LogP contribution in [-0.2, 0) is 4.79 Å². The molecule has 1 unspecified atom stereocenters. The number of nitriles is 1. The lowest BCUT2D eigenvalue weighted by molar-refractivity contribution is -0.119. The lowest BCUT2D eigenvalue weighted by Crippen LogP contribution is -2.21. The van der Waals surface area contributed by atoms with Gasteiger partial charge in [0.1, 0.15) is 0 Å². The summed E-state index contributed by atoms with van der Waals surface area (Å²) in [6, 6.07) is 7.11. The highest BCUT2D eigenvalue weighted by atomic mass is 79.9. The molecule has 1 aromatic carbocycles. The molecule has 0 radical (unpaired) electrons. The molecule has 0 saturated heterocycles. The van der Waals surface area contributed by atoms with Crippen LogP contribution >= 0.6 is 15.9 Å². The predicted molar refractivity (Wildman–Crippen MR) is 74.9 cm³/mol. The molecule has 0 aliphatic carbocycles. The van der Waals surface area contributed by atoms with Crippen molar-refractivity contribution in [3.63, 3.8) is 0 Å². The van der Waals surface area contributed by atoms with Crippen LogP contribution in [0.1, 0.15) is 25.3 Å². The summed E-state index contributed by atoms with van der Waals surface area (Å²) in [5, 5.41) is 11.6. The SMILES string of the molecule is CC(CCCN)C(=O)Nc1ccc(C#N)cc1Br. The summed E-state index contributed by atoms with van der Waals surface area (Å²) in [4.78, 5) is 11.9. The number of amides is 1. The van der Waals surface area contributed by atoms with Crippen molar-refractivity contribution in [1.82, 2.24) is 0 Å². The third-order valence-corrected chi connectivity index (χ3v) is 3.30. The first-order valence-electron chi connectivity index (χ1n) is 5.79. The maximum atomic E-state index is 11.9. The molecule has 0 bridgehead atoms. The molecule has 3 N–H and O–H groups in total. The highest BCUT2D eigenvalue weighted by Gasteiger charge is 2.13. The largest absolute Gasteiger partial charge is 0.330 e. The van der Waals surface area contributed by atoms with Crippen LogP contribution in [-0.4, -0.2) is 12.5 Å². The van der Waals surface area contributed by atoms with E-state index in [9.17, 15) is 4.79 Å². The summed E-state index contributed by atoms with van der Waals surface area (Å²) in [6.45, 7) is 2.47. The molecule has 1 atom stereocenters. The quantitative estimate of drug-likeness (QED) is 0.877. The number of carbonyl (C=O) groups is 1. The summed E-state index contributed by atoms with van der Waals surface area (Å²) < 4.78 is 0.709. The number of anilines is 1. The number of hydrogen-bond acceptors (Lipinski definition) is 3. The fourth-order valence-corrected chi connectivity index (χ4v) is 1.98. The van der Waals surface area contributed by atoms with E-state index in [1.165, 1.54) is 0 Å². The summed E-state index contributed by atoms with van der Waals surface area (Å²) in [6.07, 6.45) is 1.61. The van der Waals surface area contributed by atoms with Gasteiger partial charge in [-0.15, -0.1) is 0 Å². The van der Waals surface area contributed by atoms with Crippen LogP contribution in [0.5, 0.6) is 0 Å². The van der Waals surface area contributed by atoms with Crippen LogP contribution in [0.3, 0.4) is 0 Å². The van der Waals surface area contributed by atoms with E-state index in [1.54, 1.807) is 18.2 Å². The van der Waals surface area contributed by atoms with Crippen LogP contribution in [0, 0.1) is 17.2 Å². The molecule has 1 amide bonds. The third-order valence-electron chi connectivity index (χ3n) is 2.64. The van der Waals surface area contributed by atoms with E-state index in [-0.39, 0.29) is 11.8 Å². The molecule has 4 nitrogen and oxygen atoms in total. The first-order valence-corrected chi connectivity index (χ1v) is 6.58. The number of halogens is 1. The van der Waals surface area contributed by atoms with Crippen molar-refractivity contribution in [2.24, 2.45) is 11.7 Å². The molecule has 0 fully saturated rings. The lowest BCUT2D eigenvalue weighted by Gasteiger charge is -2.12. The van der Waals surface area contributed by atoms with E-state index in [1.807, 2.05) is 13.0 Å². The smallest absolute Gasteiger partial charge is 0.227 e. The second-order valence-electron chi connectivity index (χ2n) is 4.13. The van der Waals surface area contributed by atoms with Crippen molar-refractivity contribution >= 4 is 27.5 Å². The average molecular weight is 310 g/mol. The second-order valence-corrected chi connectivity index (χ2v) is 4.98.